The fourth-order valence-electron chi connectivity index (χ4n) is 0.794. The van der Waals surface area contributed by atoms with Gasteiger partial charge in [-0.25, -0.2) is 4.39 Å². The number of rotatable bonds is 4. The van der Waals surface area contributed by atoms with Crippen LogP contribution < -0.4 is 0 Å². The summed E-state index contributed by atoms with van der Waals surface area (Å²) >= 11 is 0. The number of hydrogen-bond donors (Lipinski definition) is 1. The van der Waals surface area contributed by atoms with Crippen molar-refractivity contribution >= 4 is 5.78 Å². The van der Waals surface area contributed by atoms with Gasteiger partial charge in [-0.2, -0.15) is 5.26 Å². The zero-order valence-electron chi connectivity index (χ0n) is 7.17. The van der Waals surface area contributed by atoms with Gasteiger partial charge in [-0.15, -0.1) is 0 Å². The monoisotopic (exact) mass is 173 g/mol. The first-order valence-corrected chi connectivity index (χ1v) is 3.62. The predicted molar refractivity (Wildman–Crippen MR) is 41.0 cm³/mol. The molecule has 12 heavy (non-hydrogen) atoms. The van der Waals surface area contributed by atoms with Crippen LogP contribution in [0.15, 0.2) is 0 Å². The summed E-state index contributed by atoms with van der Waals surface area (Å²) in [4.78, 5) is 10.9. The summed E-state index contributed by atoms with van der Waals surface area (Å²) in [6.07, 6.45) is -1.37. The van der Waals surface area contributed by atoms with Crippen molar-refractivity contribution in [2.75, 3.05) is 6.67 Å². The first-order valence-electron chi connectivity index (χ1n) is 3.62. The molecule has 0 aliphatic carbocycles. The highest BCUT2D eigenvalue weighted by molar-refractivity contribution is 5.84. The minimum atomic E-state index is -1.26. The summed E-state index contributed by atoms with van der Waals surface area (Å²) in [5.41, 5.74) is -1.26. The van der Waals surface area contributed by atoms with Gasteiger partial charge in [-0.3, -0.25) is 4.79 Å². The zero-order valence-corrected chi connectivity index (χ0v) is 7.17. The van der Waals surface area contributed by atoms with Crippen LogP contribution in [0, 0.1) is 16.7 Å². The third-order valence-corrected chi connectivity index (χ3v) is 1.85. The second-order valence-corrected chi connectivity index (χ2v) is 3.01. The third kappa shape index (κ3) is 2.59. The Labute approximate surface area is 70.8 Å². The van der Waals surface area contributed by atoms with Crippen LogP contribution in [0.2, 0.25) is 0 Å². The molecule has 0 bridgehead atoms. The summed E-state index contributed by atoms with van der Waals surface area (Å²) in [5.74, 6) is -0.350. The minimum absolute atomic E-state index is 0.144. The summed E-state index contributed by atoms with van der Waals surface area (Å²) in [5, 5.41) is 17.5. The minimum Gasteiger partial charge on any atom is -0.390 e. The van der Waals surface area contributed by atoms with Gasteiger partial charge in [0.2, 0.25) is 0 Å². The molecule has 68 valence electrons. The Morgan fingerprint density at radius 1 is 1.83 bits per heavy atom. The highest BCUT2D eigenvalue weighted by Crippen LogP contribution is 2.23. The number of halogens is 1. The lowest BCUT2D eigenvalue weighted by Gasteiger charge is -2.19. The van der Waals surface area contributed by atoms with E-state index in [1.54, 1.807) is 6.07 Å². The predicted octanol–water partition coefficient (Wildman–Crippen LogP) is 0.826. The third-order valence-electron chi connectivity index (χ3n) is 1.85. The number of carbonyl (C=O) groups excluding carboxylic acids is 1. The Morgan fingerprint density at radius 2 is 2.33 bits per heavy atom. The molecule has 0 amide bonds. The van der Waals surface area contributed by atoms with Crippen LogP contribution in [0.5, 0.6) is 0 Å². The first-order chi connectivity index (χ1) is 5.46. The highest BCUT2D eigenvalue weighted by atomic mass is 19.1. The first kappa shape index (κ1) is 11.1. The van der Waals surface area contributed by atoms with Gasteiger partial charge in [-0.05, 0) is 13.8 Å². The molecular formula is C8H12FNO2. The van der Waals surface area contributed by atoms with Crippen LogP contribution in [0.3, 0.4) is 0 Å². The van der Waals surface area contributed by atoms with Crippen molar-refractivity contribution < 1.29 is 14.3 Å². The van der Waals surface area contributed by atoms with Gasteiger partial charge in [-0.1, -0.05) is 0 Å². The molecule has 0 saturated heterocycles. The van der Waals surface area contributed by atoms with Gasteiger partial charge >= 0.3 is 0 Å². The van der Waals surface area contributed by atoms with E-state index in [2.05, 4.69) is 0 Å². The van der Waals surface area contributed by atoms with E-state index in [9.17, 15) is 9.18 Å². The highest BCUT2D eigenvalue weighted by Gasteiger charge is 2.32. The van der Waals surface area contributed by atoms with Crippen LogP contribution in [0.1, 0.15) is 20.3 Å². The number of aliphatic hydroxyl groups excluding tert-OH is 1. The average Bonchev–Trinajstić information content (AvgIpc) is 2.03. The van der Waals surface area contributed by atoms with Gasteiger partial charge in [0.15, 0.2) is 0 Å². The second kappa shape index (κ2) is 4.17. The van der Waals surface area contributed by atoms with E-state index in [0.717, 1.165) is 0 Å². The molecule has 0 saturated carbocycles. The molecule has 2 unspecified atom stereocenters. The van der Waals surface area contributed by atoms with Gasteiger partial charge in [0.05, 0.1) is 12.2 Å². The molecule has 2 atom stereocenters. The lowest BCUT2D eigenvalue weighted by Crippen LogP contribution is -2.29. The number of aliphatic hydroxyl groups is 1. The molecular weight excluding hydrogens is 161 g/mol. The number of alkyl halides is 1. The van der Waals surface area contributed by atoms with E-state index >= 15 is 0 Å². The molecule has 0 aromatic carbocycles. The van der Waals surface area contributed by atoms with Crippen LogP contribution in [0.25, 0.3) is 0 Å². The van der Waals surface area contributed by atoms with Crippen molar-refractivity contribution in [1.29, 1.82) is 5.26 Å². The molecule has 0 aromatic heterocycles. The topological polar surface area (TPSA) is 61.1 Å². The summed E-state index contributed by atoms with van der Waals surface area (Å²) < 4.78 is 11.8. The Kier molecular flexibility index (Phi) is 3.84. The van der Waals surface area contributed by atoms with Crippen LogP contribution in [-0.2, 0) is 4.79 Å². The number of hydrogen-bond acceptors (Lipinski definition) is 3. The lowest BCUT2D eigenvalue weighted by atomic mass is 9.82. The van der Waals surface area contributed by atoms with Crippen molar-refractivity contribution in [3.63, 3.8) is 0 Å². The molecule has 0 fully saturated rings. The Morgan fingerprint density at radius 3 is 2.58 bits per heavy atom. The second-order valence-electron chi connectivity index (χ2n) is 3.01. The number of ketones is 1. The van der Waals surface area contributed by atoms with Crippen molar-refractivity contribution in [2.24, 2.45) is 5.41 Å². The zero-order chi connectivity index (χ0) is 9.78. The standard InChI is InChI=1S/C8H12FNO2/c1-6(11)8(2,5-10)3-7(12)4-9/h7,12H,3-4H2,1-2H3. The SMILES string of the molecule is CC(=O)C(C)(C#N)CC(O)CF. The molecule has 0 spiro atoms. The number of nitriles is 1. The van der Waals surface area contributed by atoms with Crippen molar-refractivity contribution in [1.82, 2.24) is 0 Å². The van der Waals surface area contributed by atoms with Crippen LogP contribution >= 0.6 is 0 Å². The van der Waals surface area contributed by atoms with Crippen LogP contribution in [0.4, 0.5) is 4.39 Å². The molecule has 1 N–H and O–H groups in total. The number of nitrogens with zero attached hydrogens (tertiary/aromatic N) is 1. The van der Waals surface area contributed by atoms with E-state index in [0.29, 0.717) is 0 Å². The van der Waals surface area contributed by atoms with E-state index in [1.165, 1.54) is 13.8 Å². The number of Topliss-reactive ketones (excluding diaryl/α,β-unsaturated/α-hetero) is 1. The summed E-state index contributed by atoms with van der Waals surface area (Å²) in [6.45, 7) is 1.73. The molecule has 0 aromatic rings. The smallest absolute Gasteiger partial charge is 0.149 e. The fourth-order valence-corrected chi connectivity index (χ4v) is 0.794. The molecule has 3 nitrogen and oxygen atoms in total. The molecule has 0 aliphatic rings. The summed E-state index contributed by atoms with van der Waals surface area (Å²) in [7, 11) is 0. The van der Waals surface area contributed by atoms with Gasteiger partial charge in [0, 0.05) is 6.42 Å². The van der Waals surface area contributed by atoms with Gasteiger partial charge < -0.3 is 5.11 Å². The maximum Gasteiger partial charge on any atom is 0.149 e. The van der Waals surface area contributed by atoms with Crippen LogP contribution in [-0.4, -0.2) is 23.7 Å². The molecule has 0 rings (SSSR count). The Balaban J connectivity index is 4.37. The fraction of sp³-hybridized carbons (Fsp3) is 0.750. The summed E-state index contributed by atoms with van der Waals surface area (Å²) in [6, 6.07) is 1.77. The van der Waals surface area contributed by atoms with E-state index in [4.69, 9.17) is 10.4 Å². The Bertz CT molecular complexity index is 212. The molecule has 0 radical (unpaired) electrons. The van der Waals surface area contributed by atoms with Crippen molar-refractivity contribution in [3.05, 3.63) is 0 Å². The van der Waals surface area contributed by atoms with Gasteiger partial charge in [0.1, 0.15) is 17.9 Å². The van der Waals surface area contributed by atoms with Crippen molar-refractivity contribution in [2.45, 2.75) is 26.4 Å². The quantitative estimate of drug-likeness (QED) is 0.684. The van der Waals surface area contributed by atoms with E-state index in [-0.39, 0.29) is 12.2 Å². The van der Waals surface area contributed by atoms with Gasteiger partial charge in [0.25, 0.3) is 0 Å². The van der Waals surface area contributed by atoms with Crippen molar-refractivity contribution in [3.8, 4) is 6.07 Å². The average molecular weight is 173 g/mol. The molecule has 4 heteroatoms. The maximum atomic E-state index is 11.8. The number of carbonyl (C=O) groups is 1. The van der Waals surface area contributed by atoms with E-state index in [1.807, 2.05) is 0 Å². The molecule has 0 heterocycles. The maximum absolute atomic E-state index is 11.8. The van der Waals surface area contributed by atoms with E-state index < -0.39 is 18.2 Å². The Hall–Kier alpha value is -0.950. The lowest BCUT2D eigenvalue weighted by molar-refractivity contribution is -0.124. The largest absolute Gasteiger partial charge is 0.390 e. The normalized spacial score (nSPS) is 17.6. The molecule has 0 aliphatic heterocycles.